The van der Waals surface area contributed by atoms with Gasteiger partial charge in [-0.25, -0.2) is 0 Å². The molecular formula is C24H33N3O2. The van der Waals surface area contributed by atoms with E-state index in [0.717, 1.165) is 37.8 Å². The molecule has 0 fully saturated rings. The molecule has 2 aromatic rings. The smallest absolute Gasteiger partial charge is 0.253 e. The standard InChI is InChI=1S/C24H33N3O2/c1-4-5-6-10-13-23(28)26-20-14-15-22(27(2)3)21(18-20)24(29)25-17-16-19-11-8-7-9-12-19/h7-9,11-12,14-15,18H,4-6,10,13,16-17H2,1-3H3,(H,25,29)(H,26,28). The van der Waals surface area contributed by atoms with Crippen molar-refractivity contribution in [1.82, 2.24) is 5.32 Å². The Morgan fingerprint density at radius 2 is 1.72 bits per heavy atom. The highest BCUT2D eigenvalue weighted by atomic mass is 16.2. The van der Waals surface area contributed by atoms with Gasteiger partial charge in [-0.3, -0.25) is 9.59 Å². The van der Waals surface area contributed by atoms with Crippen LogP contribution in [0.4, 0.5) is 11.4 Å². The summed E-state index contributed by atoms with van der Waals surface area (Å²) < 4.78 is 0. The third-order valence-corrected chi connectivity index (χ3v) is 4.81. The molecule has 2 aromatic carbocycles. The number of anilines is 2. The van der Waals surface area contributed by atoms with Crippen molar-refractivity contribution >= 4 is 23.2 Å². The molecule has 0 spiro atoms. The van der Waals surface area contributed by atoms with Crippen molar-refractivity contribution in [2.45, 2.75) is 45.4 Å². The molecule has 2 amide bonds. The fourth-order valence-electron chi connectivity index (χ4n) is 3.18. The van der Waals surface area contributed by atoms with Gasteiger partial charge < -0.3 is 15.5 Å². The average molecular weight is 396 g/mol. The van der Waals surface area contributed by atoms with Crippen LogP contribution in [-0.2, 0) is 11.2 Å². The quantitative estimate of drug-likeness (QED) is 0.545. The zero-order chi connectivity index (χ0) is 21.1. The lowest BCUT2D eigenvalue weighted by Gasteiger charge is -2.18. The van der Waals surface area contributed by atoms with E-state index >= 15 is 0 Å². The Bertz CT molecular complexity index is 788. The first-order valence-corrected chi connectivity index (χ1v) is 10.4. The number of hydrogen-bond donors (Lipinski definition) is 2. The first-order valence-electron chi connectivity index (χ1n) is 10.4. The summed E-state index contributed by atoms with van der Waals surface area (Å²) in [7, 11) is 3.81. The van der Waals surface area contributed by atoms with Crippen molar-refractivity contribution in [3.8, 4) is 0 Å². The minimum absolute atomic E-state index is 0.00542. The van der Waals surface area contributed by atoms with Crippen LogP contribution in [0.25, 0.3) is 0 Å². The average Bonchev–Trinajstić information content (AvgIpc) is 2.71. The lowest BCUT2D eigenvalue weighted by molar-refractivity contribution is -0.116. The van der Waals surface area contributed by atoms with Crippen LogP contribution in [0.3, 0.4) is 0 Å². The molecule has 0 bridgehead atoms. The van der Waals surface area contributed by atoms with Gasteiger partial charge in [0.15, 0.2) is 0 Å². The first kappa shape index (κ1) is 22.5. The highest BCUT2D eigenvalue weighted by molar-refractivity contribution is 6.02. The van der Waals surface area contributed by atoms with E-state index in [2.05, 4.69) is 17.6 Å². The van der Waals surface area contributed by atoms with Gasteiger partial charge in [0, 0.05) is 38.4 Å². The van der Waals surface area contributed by atoms with Crippen molar-refractivity contribution in [2.24, 2.45) is 0 Å². The zero-order valence-corrected chi connectivity index (χ0v) is 17.8. The predicted molar refractivity (Wildman–Crippen MR) is 121 cm³/mol. The van der Waals surface area contributed by atoms with Gasteiger partial charge in [-0.1, -0.05) is 56.5 Å². The molecule has 0 aliphatic carbocycles. The number of rotatable bonds is 11. The number of benzene rings is 2. The van der Waals surface area contributed by atoms with Gasteiger partial charge >= 0.3 is 0 Å². The van der Waals surface area contributed by atoms with E-state index in [1.807, 2.05) is 61.5 Å². The topological polar surface area (TPSA) is 61.4 Å². The molecule has 0 atom stereocenters. The summed E-state index contributed by atoms with van der Waals surface area (Å²) in [6.07, 6.45) is 5.54. The highest BCUT2D eigenvalue weighted by Crippen LogP contribution is 2.23. The number of carbonyl (C=O) groups is 2. The molecule has 0 unspecified atom stereocenters. The first-order chi connectivity index (χ1) is 14.0. The van der Waals surface area contributed by atoms with Crippen LogP contribution >= 0.6 is 0 Å². The monoisotopic (exact) mass is 395 g/mol. The Morgan fingerprint density at radius 3 is 2.41 bits per heavy atom. The van der Waals surface area contributed by atoms with E-state index in [-0.39, 0.29) is 11.8 Å². The summed E-state index contributed by atoms with van der Waals surface area (Å²) in [4.78, 5) is 26.9. The van der Waals surface area contributed by atoms with Gasteiger partial charge in [0.05, 0.1) is 5.56 Å². The Kier molecular flexibility index (Phi) is 9.22. The minimum atomic E-state index is -0.135. The van der Waals surface area contributed by atoms with Gasteiger partial charge in [0.1, 0.15) is 0 Å². The Balaban J connectivity index is 1.99. The molecule has 0 aliphatic rings. The van der Waals surface area contributed by atoms with Crippen molar-refractivity contribution in [3.63, 3.8) is 0 Å². The van der Waals surface area contributed by atoms with Gasteiger partial charge in [-0.05, 0) is 36.6 Å². The fourth-order valence-corrected chi connectivity index (χ4v) is 3.18. The molecule has 0 saturated carbocycles. The summed E-state index contributed by atoms with van der Waals surface area (Å²) in [5.41, 5.74) is 3.23. The Morgan fingerprint density at radius 1 is 0.966 bits per heavy atom. The second-order valence-corrected chi connectivity index (χ2v) is 7.48. The van der Waals surface area contributed by atoms with E-state index in [1.54, 1.807) is 6.07 Å². The van der Waals surface area contributed by atoms with E-state index in [9.17, 15) is 9.59 Å². The van der Waals surface area contributed by atoms with Gasteiger partial charge in [-0.2, -0.15) is 0 Å². The lowest BCUT2D eigenvalue weighted by atomic mass is 10.1. The second-order valence-electron chi connectivity index (χ2n) is 7.48. The van der Waals surface area contributed by atoms with Crippen LogP contribution in [0, 0.1) is 0 Å². The van der Waals surface area contributed by atoms with Crippen molar-refractivity contribution in [1.29, 1.82) is 0 Å². The summed E-state index contributed by atoms with van der Waals surface area (Å²) in [6.45, 7) is 2.71. The number of hydrogen-bond acceptors (Lipinski definition) is 3. The third kappa shape index (κ3) is 7.60. The van der Waals surface area contributed by atoms with Crippen LogP contribution in [0.5, 0.6) is 0 Å². The van der Waals surface area contributed by atoms with E-state index in [0.29, 0.717) is 24.2 Å². The summed E-state index contributed by atoms with van der Waals surface area (Å²) >= 11 is 0. The van der Waals surface area contributed by atoms with Crippen LogP contribution in [0.15, 0.2) is 48.5 Å². The Hall–Kier alpha value is -2.82. The molecular weight excluding hydrogens is 362 g/mol. The molecule has 0 heterocycles. The molecule has 2 rings (SSSR count). The SMILES string of the molecule is CCCCCCC(=O)Nc1ccc(N(C)C)c(C(=O)NCCc2ccccc2)c1. The van der Waals surface area contributed by atoms with E-state index < -0.39 is 0 Å². The molecule has 0 aromatic heterocycles. The largest absolute Gasteiger partial charge is 0.377 e. The second kappa shape index (κ2) is 11.9. The molecule has 0 radical (unpaired) electrons. The van der Waals surface area contributed by atoms with Crippen molar-refractivity contribution in [3.05, 3.63) is 59.7 Å². The van der Waals surface area contributed by atoms with E-state index in [1.165, 1.54) is 5.56 Å². The fraction of sp³-hybridized carbons (Fsp3) is 0.417. The maximum absolute atomic E-state index is 12.8. The Labute approximate surface area is 174 Å². The number of nitrogens with zero attached hydrogens (tertiary/aromatic N) is 1. The molecule has 5 nitrogen and oxygen atoms in total. The van der Waals surface area contributed by atoms with Gasteiger partial charge in [0.25, 0.3) is 5.91 Å². The van der Waals surface area contributed by atoms with Gasteiger partial charge in [0.2, 0.25) is 5.91 Å². The summed E-state index contributed by atoms with van der Waals surface area (Å²) in [6, 6.07) is 15.6. The number of amides is 2. The van der Waals surface area contributed by atoms with Crippen LogP contribution in [-0.4, -0.2) is 32.5 Å². The number of carbonyl (C=O) groups excluding carboxylic acids is 2. The van der Waals surface area contributed by atoms with E-state index in [4.69, 9.17) is 0 Å². The maximum atomic E-state index is 12.8. The lowest BCUT2D eigenvalue weighted by Crippen LogP contribution is -2.28. The maximum Gasteiger partial charge on any atom is 0.253 e. The number of unbranched alkanes of at least 4 members (excludes halogenated alkanes) is 3. The van der Waals surface area contributed by atoms with Crippen molar-refractivity contribution in [2.75, 3.05) is 30.9 Å². The molecule has 5 heteroatoms. The zero-order valence-electron chi connectivity index (χ0n) is 17.8. The van der Waals surface area contributed by atoms with Crippen LogP contribution in [0.1, 0.15) is 54.9 Å². The summed E-state index contributed by atoms with van der Waals surface area (Å²) in [5, 5.41) is 5.92. The highest BCUT2D eigenvalue weighted by Gasteiger charge is 2.14. The van der Waals surface area contributed by atoms with Crippen molar-refractivity contribution < 1.29 is 9.59 Å². The normalized spacial score (nSPS) is 10.4. The molecule has 29 heavy (non-hydrogen) atoms. The molecule has 156 valence electrons. The molecule has 0 aliphatic heterocycles. The number of nitrogens with one attached hydrogen (secondary N) is 2. The third-order valence-electron chi connectivity index (χ3n) is 4.81. The van der Waals surface area contributed by atoms with Gasteiger partial charge in [-0.15, -0.1) is 0 Å². The van der Waals surface area contributed by atoms with Crippen LogP contribution in [0.2, 0.25) is 0 Å². The minimum Gasteiger partial charge on any atom is -0.377 e. The summed E-state index contributed by atoms with van der Waals surface area (Å²) in [5.74, 6) is -0.141. The molecule has 0 saturated heterocycles. The van der Waals surface area contributed by atoms with Crippen LogP contribution < -0.4 is 15.5 Å². The predicted octanol–water partition coefficient (Wildman–Crippen LogP) is 4.63. The molecule has 2 N–H and O–H groups in total.